The van der Waals surface area contributed by atoms with E-state index in [-0.39, 0.29) is 0 Å². The molecule has 0 aliphatic carbocycles. The summed E-state index contributed by atoms with van der Waals surface area (Å²) in [6, 6.07) is 16.8. The van der Waals surface area contributed by atoms with Crippen LogP contribution in [0.2, 0.25) is 0 Å². The Morgan fingerprint density at radius 3 is 2.36 bits per heavy atom. The zero-order valence-electron chi connectivity index (χ0n) is 16.2. The average molecular weight is 409 g/mol. The third-order valence-electron chi connectivity index (χ3n) is 4.87. The highest BCUT2D eigenvalue weighted by molar-refractivity contribution is 7.80. The number of benzene rings is 2. The zero-order valence-corrected chi connectivity index (χ0v) is 17.8. The Bertz CT molecular complexity index is 939. The second kappa shape index (κ2) is 8.29. The van der Waals surface area contributed by atoms with Gasteiger partial charge >= 0.3 is 0 Å². The van der Waals surface area contributed by atoms with Gasteiger partial charge in [-0.1, -0.05) is 36.4 Å². The Labute approximate surface area is 175 Å². The van der Waals surface area contributed by atoms with Crippen molar-refractivity contribution >= 4 is 39.5 Å². The van der Waals surface area contributed by atoms with Gasteiger partial charge in [0.15, 0.2) is 10.2 Å². The van der Waals surface area contributed by atoms with Crippen molar-refractivity contribution < 1.29 is 0 Å². The molecule has 0 amide bonds. The van der Waals surface area contributed by atoms with Crippen molar-refractivity contribution in [1.82, 2.24) is 9.88 Å². The number of piperazine rings is 1. The Morgan fingerprint density at radius 1 is 1.00 bits per heavy atom. The Morgan fingerprint density at radius 2 is 1.68 bits per heavy atom. The average Bonchev–Trinajstić information content (AvgIpc) is 3.18. The van der Waals surface area contributed by atoms with Gasteiger partial charge < -0.3 is 15.1 Å². The molecular weight excluding hydrogens is 384 g/mol. The molecule has 1 N–H and O–H groups in total. The van der Waals surface area contributed by atoms with Gasteiger partial charge in [0, 0.05) is 42.8 Å². The van der Waals surface area contributed by atoms with Crippen LogP contribution in [0.1, 0.15) is 11.1 Å². The molecule has 4 nitrogen and oxygen atoms in total. The maximum atomic E-state index is 5.65. The van der Waals surface area contributed by atoms with Crippen molar-refractivity contribution in [2.45, 2.75) is 13.8 Å². The van der Waals surface area contributed by atoms with Crippen LogP contribution in [0.25, 0.3) is 11.3 Å². The second-order valence-corrected chi connectivity index (χ2v) is 8.39. The Balaban J connectivity index is 1.35. The molecule has 2 aromatic carbocycles. The molecule has 1 aliphatic heterocycles. The van der Waals surface area contributed by atoms with Crippen molar-refractivity contribution in [3.8, 4) is 11.3 Å². The van der Waals surface area contributed by atoms with E-state index in [4.69, 9.17) is 17.2 Å². The van der Waals surface area contributed by atoms with Crippen molar-refractivity contribution in [2.24, 2.45) is 0 Å². The molecule has 0 bridgehead atoms. The van der Waals surface area contributed by atoms with E-state index < -0.39 is 0 Å². The minimum Gasteiger partial charge on any atom is -0.345 e. The number of thiazole rings is 1. The highest BCUT2D eigenvalue weighted by Crippen LogP contribution is 2.28. The minimum atomic E-state index is 0.800. The number of aromatic nitrogens is 1. The summed E-state index contributed by atoms with van der Waals surface area (Å²) < 4.78 is 0. The quantitative estimate of drug-likeness (QED) is 0.620. The summed E-state index contributed by atoms with van der Waals surface area (Å²) >= 11 is 7.36. The first-order valence-electron chi connectivity index (χ1n) is 9.48. The van der Waals surface area contributed by atoms with Gasteiger partial charge in [0.1, 0.15) is 0 Å². The summed E-state index contributed by atoms with van der Waals surface area (Å²) in [7, 11) is 0. The Hall–Kier alpha value is -2.44. The van der Waals surface area contributed by atoms with Gasteiger partial charge in [0.2, 0.25) is 0 Å². The zero-order chi connectivity index (χ0) is 19.5. The van der Waals surface area contributed by atoms with E-state index >= 15 is 0 Å². The van der Waals surface area contributed by atoms with Crippen LogP contribution >= 0.6 is 23.6 Å². The molecule has 1 aliphatic rings. The smallest absolute Gasteiger partial charge is 0.185 e. The predicted octanol–water partition coefficient (Wildman–Crippen LogP) is 4.95. The largest absolute Gasteiger partial charge is 0.345 e. The number of hydrogen-bond donors (Lipinski definition) is 1. The molecule has 1 fully saturated rings. The van der Waals surface area contributed by atoms with Crippen LogP contribution < -0.4 is 10.2 Å². The molecule has 4 rings (SSSR count). The number of aryl methyl sites for hydroxylation is 2. The van der Waals surface area contributed by atoms with Crippen molar-refractivity contribution in [3.05, 3.63) is 65.0 Å². The maximum Gasteiger partial charge on any atom is 0.185 e. The van der Waals surface area contributed by atoms with Gasteiger partial charge in [-0.15, -0.1) is 11.3 Å². The lowest BCUT2D eigenvalue weighted by atomic mass is 10.1. The number of anilines is 2. The third kappa shape index (κ3) is 4.34. The lowest BCUT2D eigenvalue weighted by Crippen LogP contribution is -2.50. The van der Waals surface area contributed by atoms with E-state index in [0.29, 0.717) is 0 Å². The third-order valence-corrected chi connectivity index (χ3v) is 6.13. The normalized spacial score (nSPS) is 14.2. The highest BCUT2D eigenvalue weighted by atomic mass is 32.1. The van der Waals surface area contributed by atoms with Gasteiger partial charge in [-0.05, 0) is 49.3 Å². The molecule has 0 atom stereocenters. The molecule has 3 aromatic rings. The summed E-state index contributed by atoms with van der Waals surface area (Å²) in [5.74, 6) is 0. The van der Waals surface area contributed by atoms with Crippen LogP contribution in [0, 0.1) is 13.8 Å². The molecule has 0 saturated carbocycles. The predicted molar refractivity (Wildman–Crippen MR) is 123 cm³/mol. The lowest BCUT2D eigenvalue weighted by molar-refractivity contribution is 0.390. The van der Waals surface area contributed by atoms with E-state index in [0.717, 1.165) is 47.8 Å². The van der Waals surface area contributed by atoms with Crippen LogP contribution in [0.3, 0.4) is 0 Å². The topological polar surface area (TPSA) is 31.4 Å². The van der Waals surface area contributed by atoms with Crippen molar-refractivity contribution in [1.29, 1.82) is 0 Å². The molecule has 6 heteroatoms. The first-order valence-corrected chi connectivity index (χ1v) is 10.8. The number of nitrogens with one attached hydrogen (secondary N) is 1. The summed E-state index contributed by atoms with van der Waals surface area (Å²) in [6.45, 7) is 7.87. The van der Waals surface area contributed by atoms with E-state index in [2.05, 4.69) is 76.8 Å². The first-order chi connectivity index (χ1) is 13.6. The fourth-order valence-corrected chi connectivity index (χ4v) is 4.69. The van der Waals surface area contributed by atoms with Gasteiger partial charge in [-0.25, -0.2) is 4.98 Å². The summed E-state index contributed by atoms with van der Waals surface area (Å²) in [4.78, 5) is 9.44. The van der Waals surface area contributed by atoms with Gasteiger partial charge in [-0.2, -0.15) is 0 Å². The van der Waals surface area contributed by atoms with Crippen molar-refractivity contribution in [3.63, 3.8) is 0 Å². The Kier molecular flexibility index (Phi) is 5.59. The van der Waals surface area contributed by atoms with Crippen molar-refractivity contribution in [2.75, 3.05) is 36.4 Å². The molecule has 0 radical (unpaired) electrons. The highest BCUT2D eigenvalue weighted by Gasteiger charge is 2.21. The molecule has 1 aromatic heterocycles. The molecule has 144 valence electrons. The van der Waals surface area contributed by atoms with E-state index in [1.807, 2.05) is 6.07 Å². The molecule has 28 heavy (non-hydrogen) atoms. The van der Waals surface area contributed by atoms with Gasteiger partial charge in [-0.3, -0.25) is 0 Å². The molecule has 1 saturated heterocycles. The first kappa shape index (κ1) is 18.9. The second-order valence-electron chi connectivity index (χ2n) is 7.16. The van der Waals surface area contributed by atoms with Gasteiger partial charge in [0.25, 0.3) is 0 Å². The minimum absolute atomic E-state index is 0.800. The number of rotatable bonds is 3. The van der Waals surface area contributed by atoms with Gasteiger partial charge in [0.05, 0.1) is 5.69 Å². The van der Waals surface area contributed by atoms with Crippen LogP contribution in [-0.2, 0) is 0 Å². The number of nitrogens with zero attached hydrogens (tertiary/aromatic N) is 3. The summed E-state index contributed by atoms with van der Waals surface area (Å²) in [5.41, 5.74) is 5.77. The maximum absolute atomic E-state index is 5.65. The monoisotopic (exact) mass is 408 g/mol. The SMILES string of the molecule is Cc1cc(C)cc(NC(=S)N2CCN(c3nc(-c4ccccc4)cs3)CC2)c1. The van der Waals surface area contributed by atoms with Crippen LogP contribution in [-0.4, -0.2) is 41.2 Å². The summed E-state index contributed by atoms with van der Waals surface area (Å²) in [5, 5.41) is 7.43. The number of thiocarbonyl (C=S) groups is 1. The standard InChI is InChI=1S/C22H24N4S2/c1-16-12-17(2)14-19(13-16)23-21(27)25-8-10-26(11-9-25)22-24-20(15-28-22)18-6-4-3-5-7-18/h3-7,12-15H,8-11H2,1-2H3,(H,23,27). The summed E-state index contributed by atoms with van der Waals surface area (Å²) in [6.07, 6.45) is 0. The molecule has 0 spiro atoms. The fraction of sp³-hybridized carbons (Fsp3) is 0.273. The van der Waals surface area contributed by atoms with Crippen LogP contribution in [0.4, 0.5) is 10.8 Å². The molecule has 2 heterocycles. The number of hydrogen-bond acceptors (Lipinski definition) is 4. The van der Waals surface area contributed by atoms with E-state index in [9.17, 15) is 0 Å². The molecule has 0 unspecified atom stereocenters. The van der Waals surface area contributed by atoms with Crippen LogP contribution in [0.5, 0.6) is 0 Å². The lowest BCUT2D eigenvalue weighted by Gasteiger charge is -2.36. The van der Waals surface area contributed by atoms with E-state index in [1.54, 1.807) is 11.3 Å². The van der Waals surface area contributed by atoms with E-state index in [1.165, 1.54) is 16.7 Å². The molecular formula is C22H24N4S2. The van der Waals surface area contributed by atoms with Crippen LogP contribution in [0.15, 0.2) is 53.9 Å². The fourth-order valence-electron chi connectivity index (χ4n) is 3.50.